The van der Waals surface area contributed by atoms with Gasteiger partial charge in [0.1, 0.15) is 0 Å². The standard InChI is InChI=1S/C10H16N4O/c1-13-2-4-14(5-3-13)8-9-6-11-10(15)12-7-9/h6-7H,2-5,8H2,1H3,(H,11,12,15). The largest absolute Gasteiger partial charge is 0.479 e. The topological polar surface area (TPSA) is 52.5 Å². The van der Waals surface area contributed by atoms with Crippen molar-refractivity contribution >= 4 is 0 Å². The molecular formula is C10H16N4O. The van der Waals surface area contributed by atoms with Gasteiger partial charge >= 0.3 is 6.01 Å². The van der Waals surface area contributed by atoms with Gasteiger partial charge in [-0.05, 0) is 7.05 Å². The van der Waals surface area contributed by atoms with E-state index >= 15 is 0 Å². The minimum absolute atomic E-state index is 0.155. The van der Waals surface area contributed by atoms with Crippen LogP contribution < -0.4 is 0 Å². The average molecular weight is 208 g/mol. The van der Waals surface area contributed by atoms with Crippen molar-refractivity contribution in [1.82, 2.24) is 19.8 Å². The Labute approximate surface area is 89.4 Å². The van der Waals surface area contributed by atoms with Gasteiger partial charge in [0.05, 0.1) is 0 Å². The fraction of sp³-hybridized carbons (Fsp3) is 0.600. The molecule has 0 radical (unpaired) electrons. The first kappa shape index (κ1) is 10.3. The Hall–Kier alpha value is -1.20. The zero-order valence-electron chi connectivity index (χ0n) is 8.93. The Balaban J connectivity index is 1.89. The molecule has 0 saturated carbocycles. The van der Waals surface area contributed by atoms with E-state index in [1.165, 1.54) is 0 Å². The van der Waals surface area contributed by atoms with Crippen LogP contribution in [0.2, 0.25) is 0 Å². The summed E-state index contributed by atoms with van der Waals surface area (Å²) in [6.07, 6.45) is 3.36. The molecular weight excluding hydrogens is 192 g/mol. The van der Waals surface area contributed by atoms with E-state index in [4.69, 9.17) is 5.11 Å². The molecule has 5 nitrogen and oxygen atoms in total. The van der Waals surface area contributed by atoms with Crippen LogP contribution in [0, 0.1) is 0 Å². The van der Waals surface area contributed by atoms with Crippen LogP contribution >= 0.6 is 0 Å². The highest BCUT2D eigenvalue weighted by molar-refractivity contribution is 5.06. The summed E-state index contributed by atoms with van der Waals surface area (Å²) in [5.74, 6) is 0. The van der Waals surface area contributed by atoms with Gasteiger partial charge in [-0.3, -0.25) is 4.90 Å². The quantitative estimate of drug-likeness (QED) is 0.737. The second-order valence-electron chi connectivity index (χ2n) is 3.97. The fourth-order valence-electron chi connectivity index (χ4n) is 1.69. The zero-order valence-corrected chi connectivity index (χ0v) is 8.93. The molecule has 0 atom stereocenters. The molecule has 1 aromatic heterocycles. The van der Waals surface area contributed by atoms with E-state index in [1.54, 1.807) is 12.4 Å². The Morgan fingerprint density at radius 1 is 1.20 bits per heavy atom. The first-order chi connectivity index (χ1) is 7.24. The second-order valence-corrected chi connectivity index (χ2v) is 3.97. The minimum Gasteiger partial charge on any atom is -0.479 e. The molecule has 82 valence electrons. The lowest BCUT2D eigenvalue weighted by atomic mass is 10.2. The van der Waals surface area contributed by atoms with Crippen molar-refractivity contribution in [2.45, 2.75) is 6.54 Å². The van der Waals surface area contributed by atoms with E-state index in [-0.39, 0.29) is 6.01 Å². The minimum atomic E-state index is -0.155. The lowest BCUT2D eigenvalue weighted by Crippen LogP contribution is -2.43. The number of hydrogen-bond acceptors (Lipinski definition) is 5. The van der Waals surface area contributed by atoms with Gasteiger partial charge in [-0.25, -0.2) is 9.97 Å². The normalized spacial score (nSPS) is 19.3. The predicted octanol–water partition coefficient (Wildman–Crippen LogP) is -0.0704. The first-order valence-electron chi connectivity index (χ1n) is 5.15. The van der Waals surface area contributed by atoms with Crippen LogP contribution in [-0.2, 0) is 6.54 Å². The van der Waals surface area contributed by atoms with Gasteiger partial charge in [-0.1, -0.05) is 0 Å². The summed E-state index contributed by atoms with van der Waals surface area (Å²) in [5, 5.41) is 8.95. The van der Waals surface area contributed by atoms with Crippen molar-refractivity contribution in [1.29, 1.82) is 0 Å². The van der Waals surface area contributed by atoms with E-state index in [1.807, 2.05) is 0 Å². The maximum Gasteiger partial charge on any atom is 0.313 e. The number of aromatic hydroxyl groups is 1. The second kappa shape index (κ2) is 4.55. The van der Waals surface area contributed by atoms with E-state index < -0.39 is 0 Å². The third-order valence-electron chi connectivity index (χ3n) is 2.69. The molecule has 5 heteroatoms. The molecule has 0 aliphatic carbocycles. The van der Waals surface area contributed by atoms with Gasteiger partial charge in [0.15, 0.2) is 0 Å². The van der Waals surface area contributed by atoms with E-state index in [9.17, 15) is 0 Å². The van der Waals surface area contributed by atoms with Crippen LogP contribution in [0.4, 0.5) is 0 Å². The highest BCUT2D eigenvalue weighted by Crippen LogP contribution is 2.07. The van der Waals surface area contributed by atoms with Crippen molar-refractivity contribution in [3.63, 3.8) is 0 Å². The van der Waals surface area contributed by atoms with Gasteiger partial charge < -0.3 is 10.0 Å². The summed E-state index contributed by atoms with van der Waals surface area (Å²) in [6, 6.07) is -0.155. The number of piperazine rings is 1. The number of nitrogens with zero attached hydrogens (tertiary/aromatic N) is 4. The number of aromatic nitrogens is 2. The third-order valence-corrected chi connectivity index (χ3v) is 2.69. The van der Waals surface area contributed by atoms with Gasteiger partial charge in [0.25, 0.3) is 0 Å². The van der Waals surface area contributed by atoms with Crippen LogP contribution in [0.5, 0.6) is 6.01 Å². The highest BCUT2D eigenvalue weighted by atomic mass is 16.3. The first-order valence-corrected chi connectivity index (χ1v) is 5.15. The van der Waals surface area contributed by atoms with Crippen molar-refractivity contribution in [3.05, 3.63) is 18.0 Å². The molecule has 0 bridgehead atoms. The summed E-state index contributed by atoms with van der Waals surface area (Å²) in [7, 11) is 2.14. The van der Waals surface area contributed by atoms with E-state index in [2.05, 4.69) is 26.8 Å². The fourth-order valence-corrected chi connectivity index (χ4v) is 1.69. The molecule has 0 aromatic carbocycles. The lowest BCUT2D eigenvalue weighted by Gasteiger charge is -2.32. The Morgan fingerprint density at radius 3 is 2.40 bits per heavy atom. The molecule has 15 heavy (non-hydrogen) atoms. The smallest absolute Gasteiger partial charge is 0.313 e. The zero-order chi connectivity index (χ0) is 10.7. The maximum absolute atomic E-state index is 8.95. The van der Waals surface area contributed by atoms with Gasteiger partial charge in [-0.2, -0.15) is 0 Å². The average Bonchev–Trinajstić information content (AvgIpc) is 2.25. The molecule has 1 N–H and O–H groups in total. The number of likely N-dealkylation sites (N-methyl/N-ethyl adjacent to an activating group) is 1. The molecule has 1 fully saturated rings. The Kier molecular flexibility index (Phi) is 3.13. The summed E-state index contributed by atoms with van der Waals surface area (Å²) in [4.78, 5) is 12.2. The van der Waals surface area contributed by atoms with Crippen LogP contribution in [0.3, 0.4) is 0 Å². The van der Waals surface area contributed by atoms with Crippen LogP contribution in [-0.4, -0.2) is 58.1 Å². The molecule has 0 unspecified atom stereocenters. The third kappa shape index (κ3) is 2.87. The van der Waals surface area contributed by atoms with Crippen LogP contribution in [0.25, 0.3) is 0 Å². The van der Waals surface area contributed by atoms with Crippen molar-refractivity contribution in [3.8, 4) is 6.01 Å². The molecule has 1 saturated heterocycles. The summed E-state index contributed by atoms with van der Waals surface area (Å²) in [6.45, 7) is 5.25. The molecule has 1 aliphatic rings. The van der Waals surface area contributed by atoms with Crippen LogP contribution in [0.15, 0.2) is 12.4 Å². The van der Waals surface area contributed by atoms with Gasteiger partial charge in [0.2, 0.25) is 0 Å². The van der Waals surface area contributed by atoms with Gasteiger partial charge in [-0.15, -0.1) is 0 Å². The maximum atomic E-state index is 8.95. The number of hydrogen-bond donors (Lipinski definition) is 1. The predicted molar refractivity (Wildman–Crippen MR) is 56.5 cm³/mol. The molecule has 0 amide bonds. The van der Waals surface area contributed by atoms with Gasteiger partial charge in [0, 0.05) is 50.7 Å². The lowest BCUT2D eigenvalue weighted by molar-refractivity contribution is 0.148. The molecule has 2 rings (SSSR count). The SMILES string of the molecule is CN1CCN(Cc2cnc(O)nc2)CC1. The Morgan fingerprint density at radius 2 is 1.80 bits per heavy atom. The number of rotatable bonds is 2. The summed E-state index contributed by atoms with van der Waals surface area (Å²) < 4.78 is 0. The van der Waals surface area contributed by atoms with Crippen molar-refractivity contribution in [2.75, 3.05) is 33.2 Å². The van der Waals surface area contributed by atoms with E-state index in [0.29, 0.717) is 0 Å². The van der Waals surface area contributed by atoms with Crippen molar-refractivity contribution in [2.24, 2.45) is 0 Å². The molecule has 1 aromatic rings. The summed E-state index contributed by atoms with van der Waals surface area (Å²) in [5.41, 5.74) is 1.05. The molecule has 2 heterocycles. The van der Waals surface area contributed by atoms with Crippen molar-refractivity contribution < 1.29 is 5.11 Å². The van der Waals surface area contributed by atoms with E-state index in [0.717, 1.165) is 38.3 Å². The Bertz CT molecular complexity index is 306. The monoisotopic (exact) mass is 208 g/mol. The summed E-state index contributed by atoms with van der Waals surface area (Å²) >= 11 is 0. The molecule has 1 aliphatic heterocycles. The molecule has 0 spiro atoms. The van der Waals surface area contributed by atoms with Crippen LogP contribution in [0.1, 0.15) is 5.56 Å². The highest BCUT2D eigenvalue weighted by Gasteiger charge is 2.13.